The predicted molar refractivity (Wildman–Crippen MR) is 48.9 cm³/mol. The van der Waals surface area contributed by atoms with Gasteiger partial charge in [-0.3, -0.25) is 0 Å². The Morgan fingerprint density at radius 1 is 1.50 bits per heavy atom. The van der Waals surface area contributed by atoms with Crippen LogP contribution in [-0.4, -0.2) is 23.3 Å². The van der Waals surface area contributed by atoms with Crippen molar-refractivity contribution in [3.8, 4) is 0 Å². The van der Waals surface area contributed by atoms with E-state index in [1.54, 1.807) is 0 Å². The van der Waals surface area contributed by atoms with E-state index in [-0.39, 0.29) is 6.10 Å². The van der Waals surface area contributed by atoms with E-state index in [2.05, 4.69) is 24.4 Å². The van der Waals surface area contributed by atoms with E-state index in [9.17, 15) is 5.11 Å². The summed E-state index contributed by atoms with van der Waals surface area (Å²) in [6.07, 6.45) is 7.71. The molecule has 0 bridgehead atoms. The average Bonchev–Trinajstić information content (AvgIpc) is 2.80. The molecule has 2 fully saturated rings. The lowest BCUT2D eigenvalue weighted by Gasteiger charge is -2.34. The second-order valence-corrected chi connectivity index (χ2v) is 4.06. The fraction of sp³-hybridized carbons (Fsp3) is 0.800. The van der Waals surface area contributed by atoms with Crippen molar-refractivity contribution in [2.75, 3.05) is 6.54 Å². The van der Waals surface area contributed by atoms with Gasteiger partial charge >= 0.3 is 0 Å². The van der Waals surface area contributed by atoms with Crippen molar-refractivity contribution in [3.05, 3.63) is 12.2 Å². The van der Waals surface area contributed by atoms with Crippen LogP contribution in [-0.2, 0) is 0 Å². The van der Waals surface area contributed by atoms with Crippen molar-refractivity contribution >= 4 is 0 Å². The molecule has 2 atom stereocenters. The number of aliphatic hydroxyl groups is 1. The minimum Gasteiger partial charge on any atom is -0.392 e. The molecule has 1 saturated carbocycles. The van der Waals surface area contributed by atoms with E-state index in [1.807, 2.05) is 0 Å². The average molecular weight is 167 g/mol. The molecule has 0 radical (unpaired) electrons. The molecule has 2 aliphatic rings. The summed E-state index contributed by atoms with van der Waals surface area (Å²) in [6.45, 7) is 2.84. The minimum atomic E-state index is -0.141. The molecule has 1 spiro atoms. The zero-order valence-corrected chi connectivity index (χ0v) is 7.59. The molecular formula is C10H17NO. The van der Waals surface area contributed by atoms with Gasteiger partial charge in [0.15, 0.2) is 0 Å². The van der Waals surface area contributed by atoms with Crippen LogP contribution >= 0.6 is 0 Å². The Morgan fingerprint density at radius 3 is 2.83 bits per heavy atom. The fourth-order valence-electron chi connectivity index (χ4n) is 2.23. The number of nitrogens with one attached hydrogen (secondary N) is 1. The van der Waals surface area contributed by atoms with E-state index in [1.165, 1.54) is 12.8 Å². The largest absolute Gasteiger partial charge is 0.392 e. The van der Waals surface area contributed by atoms with E-state index in [0.29, 0.717) is 11.5 Å². The smallest absolute Gasteiger partial charge is 0.0671 e. The first-order valence-corrected chi connectivity index (χ1v) is 4.83. The third-order valence-corrected chi connectivity index (χ3v) is 3.14. The number of β-amino-alcohol motifs (C(OH)–C–C–N with tert-alkyl or cyclic N) is 1. The molecule has 1 saturated heterocycles. The maximum absolute atomic E-state index is 9.47. The Kier molecular flexibility index (Phi) is 1.97. The van der Waals surface area contributed by atoms with Gasteiger partial charge in [-0.05, 0) is 32.1 Å². The number of aliphatic hydroxyl groups excluding tert-OH is 1. The van der Waals surface area contributed by atoms with E-state index >= 15 is 0 Å². The maximum Gasteiger partial charge on any atom is 0.0671 e. The van der Waals surface area contributed by atoms with Crippen LogP contribution in [0.3, 0.4) is 0 Å². The van der Waals surface area contributed by atoms with Gasteiger partial charge in [-0.1, -0.05) is 12.2 Å². The molecular weight excluding hydrogens is 150 g/mol. The Morgan fingerprint density at radius 2 is 2.25 bits per heavy atom. The summed E-state index contributed by atoms with van der Waals surface area (Å²) < 4.78 is 0. The van der Waals surface area contributed by atoms with Gasteiger partial charge < -0.3 is 10.4 Å². The minimum absolute atomic E-state index is 0.141. The summed E-state index contributed by atoms with van der Waals surface area (Å²) in [4.78, 5) is 0. The van der Waals surface area contributed by atoms with Crippen LogP contribution in [0.25, 0.3) is 0 Å². The number of hydrogen-bond donors (Lipinski definition) is 2. The molecule has 1 heterocycles. The lowest BCUT2D eigenvalue weighted by Crippen LogP contribution is -2.48. The molecule has 68 valence electrons. The maximum atomic E-state index is 9.47. The molecule has 1 aliphatic carbocycles. The number of allylic oxidation sites excluding steroid dienone is 1. The Balaban J connectivity index is 2.05. The highest BCUT2D eigenvalue weighted by atomic mass is 16.3. The summed E-state index contributed by atoms with van der Waals surface area (Å²) in [5.74, 6) is 0.561. The third-order valence-electron chi connectivity index (χ3n) is 3.14. The van der Waals surface area contributed by atoms with Crippen molar-refractivity contribution in [1.82, 2.24) is 5.32 Å². The summed E-state index contributed by atoms with van der Waals surface area (Å²) in [5, 5.41) is 12.9. The second kappa shape index (κ2) is 2.86. The van der Waals surface area contributed by atoms with E-state index < -0.39 is 0 Å². The Bertz CT molecular complexity index is 196. The predicted octanol–water partition coefficient (Wildman–Crippen LogP) is 1.07. The normalized spacial score (nSPS) is 39.2. The SMILES string of the molecule is C/C=C/C1CC(O)CNC12CC2. The molecule has 0 amide bonds. The fourth-order valence-corrected chi connectivity index (χ4v) is 2.23. The molecule has 12 heavy (non-hydrogen) atoms. The van der Waals surface area contributed by atoms with Gasteiger partial charge in [0.2, 0.25) is 0 Å². The monoisotopic (exact) mass is 167 g/mol. The molecule has 1 aliphatic heterocycles. The van der Waals surface area contributed by atoms with Gasteiger partial charge in [-0.2, -0.15) is 0 Å². The van der Waals surface area contributed by atoms with Gasteiger partial charge in [-0.25, -0.2) is 0 Å². The van der Waals surface area contributed by atoms with Crippen LogP contribution in [0, 0.1) is 5.92 Å². The molecule has 2 heteroatoms. The Hall–Kier alpha value is -0.340. The Labute approximate surface area is 73.7 Å². The quantitative estimate of drug-likeness (QED) is 0.572. The zero-order chi connectivity index (χ0) is 8.60. The van der Waals surface area contributed by atoms with Gasteiger partial charge in [0.25, 0.3) is 0 Å². The highest BCUT2D eigenvalue weighted by Crippen LogP contribution is 2.46. The first kappa shape index (κ1) is 8.27. The summed E-state index contributed by atoms with van der Waals surface area (Å²) in [6, 6.07) is 0. The number of piperidine rings is 1. The van der Waals surface area contributed by atoms with Gasteiger partial charge in [0, 0.05) is 12.1 Å². The second-order valence-electron chi connectivity index (χ2n) is 4.06. The topological polar surface area (TPSA) is 32.3 Å². The standard InChI is InChI=1S/C10H17NO/c1-2-3-8-6-9(12)7-11-10(8)4-5-10/h2-3,8-9,11-12H,4-7H2,1H3/b3-2+. The first-order valence-electron chi connectivity index (χ1n) is 4.83. The van der Waals surface area contributed by atoms with E-state index in [0.717, 1.165) is 13.0 Å². The van der Waals surface area contributed by atoms with Crippen LogP contribution in [0.4, 0.5) is 0 Å². The zero-order valence-electron chi connectivity index (χ0n) is 7.59. The molecule has 2 rings (SSSR count). The molecule has 0 aromatic rings. The highest BCUT2D eigenvalue weighted by molar-refractivity contribution is 5.15. The number of rotatable bonds is 1. The van der Waals surface area contributed by atoms with E-state index in [4.69, 9.17) is 0 Å². The first-order chi connectivity index (χ1) is 5.77. The van der Waals surface area contributed by atoms with Gasteiger partial charge in [0.05, 0.1) is 6.10 Å². The lowest BCUT2D eigenvalue weighted by molar-refractivity contribution is 0.0983. The molecule has 2 unspecified atom stereocenters. The van der Waals surface area contributed by atoms with Crippen LogP contribution in [0.5, 0.6) is 0 Å². The van der Waals surface area contributed by atoms with Crippen molar-refractivity contribution < 1.29 is 5.11 Å². The molecule has 2 nitrogen and oxygen atoms in total. The summed E-state index contributed by atoms with van der Waals surface area (Å²) in [7, 11) is 0. The van der Waals surface area contributed by atoms with Crippen molar-refractivity contribution in [2.24, 2.45) is 5.92 Å². The van der Waals surface area contributed by atoms with Gasteiger partial charge in [0.1, 0.15) is 0 Å². The van der Waals surface area contributed by atoms with Crippen LogP contribution in [0.1, 0.15) is 26.2 Å². The van der Waals surface area contributed by atoms with Gasteiger partial charge in [-0.15, -0.1) is 0 Å². The lowest BCUT2D eigenvalue weighted by atomic mass is 9.87. The van der Waals surface area contributed by atoms with Crippen LogP contribution in [0.15, 0.2) is 12.2 Å². The molecule has 2 N–H and O–H groups in total. The third kappa shape index (κ3) is 1.29. The summed E-state index contributed by atoms with van der Waals surface area (Å²) in [5.41, 5.74) is 0.381. The van der Waals surface area contributed by atoms with Crippen molar-refractivity contribution in [1.29, 1.82) is 0 Å². The molecule has 0 aromatic heterocycles. The van der Waals surface area contributed by atoms with Crippen LogP contribution in [0.2, 0.25) is 0 Å². The van der Waals surface area contributed by atoms with Crippen molar-refractivity contribution in [2.45, 2.75) is 37.8 Å². The number of hydrogen-bond acceptors (Lipinski definition) is 2. The van der Waals surface area contributed by atoms with Crippen LogP contribution < -0.4 is 5.32 Å². The van der Waals surface area contributed by atoms with Crippen molar-refractivity contribution in [3.63, 3.8) is 0 Å². The molecule has 0 aromatic carbocycles. The summed E-state index contributed by atoms with van der Waals surface area (Å²) >= 11 is 0. The highest BCUT2D eigenvalue weighted by Gasteiger charge is 2.50.